The number of nitrogens with one attached hydrogen (secondary N) is 1. The van der Waals surface area contributed by atoms with Crippen LogP contribution in [0.3, 0.4) is 0 Å². The number of hydrogen-bond donors (Lipinski definition) is 2. The Labute approximate surface area is 110 Å². The van der Waals surface area contributed by atoms with Gasteiger partial charge in [-0.2, -0.15) is 0 Å². The third-order valence-corrected chi connectivity index (χ3v) is 3.70. The summed E-state index contributed by atoms with van der Waals surface area (Å²) in [6.45, 7) is 1.67. The van der Waals surface area contributed by atoms with Gasteiger partial charge in [-0.1, -0.05) is 6.07 Å². The predicted octanol–water partition coefficient (Wildman–Crippen LogP) is 2.71. The highest BCUT2D eigenvalue weighted by Crippen LogP contribution is 2.39. The minimum Gasteiger partial charge on any atom is -0.481 e. The number of anilines is 1. The molecule has 6 heteroatoms. The van der Waals surface area contributed by atoms with E-state index in [-0.39, 0.29) is 12.1 Å². The SMILES string of the molecule is Cc1c(NC2(CC(=O)O)CCC2)cccc1[N+](=O)[O-]. The van der Waals surface area contributed by atoms with Gasteiger partial charge in [-0.15, -0.1) is 0 Å². The molecule has 6 nitrogen and oxygen atoms in total. The number of carboxylic acid groups (broad SMARTS) is 1. The summed E-state index contributed by atoms with van der Waals surface area (Å²) in [6, 6.07) is 4.82. The van der Waals surface area contributed by atoms with Gasteiger partial charge in [0.25, 0.3) is 5.69 Å². The molecule has 0 aromatic heterocycles. The summed E-state index contributed by atoms with van der Waals surface area (Å²) in [5, 5.41) is 23.0. The number of nitro groups is 1. The highest BCUT2D eigenvalue weighted by molar-refractivity contribution is 5.71. The second-order valence-electron chi connectivity index (χ2n) is 5.04. The van der Waals surface area contributed by atoms with E-state index < -0.39 is 16.4 Å². The zero-order valence-electron chi connectivity index (χ0n) is 10.7. The van der Waals surface area contributed by atoms with Crippen molar-refractivity contribution in [1.29, 1.82) is 0 Å². The predicted molar refractivity (Wildman–Crippen MR) is 70.3 cm³/mol. The summed E-state index contributed by atoms with van der Waals surface area (Å²) in [7, 11) is 0. The molecule has 1 aromatic rings. The number of carbonyl (C=O) groups is 1. The molecule has 0 bridgehead atoms. The minimum atomic E-state index is -0.852. The molecule has 0 amide bonds. The van der Waals surface area contributed by atoms with Crippen LogP contribution in [0.1, 0.15) is 31.2 Å². The van der Waals surface area contributed by atoms with Crippen LogP contribution in [0.25, 0.3) is 0 Å². The van der Waals surface area contributed by atoms with Crippen molar-refractivity contribution in [2.75, 3.05) is 5.32 Å². The molecule has 0 aliphatic heterocycles. The fourth-order valence-electron chi connectivity index (χ4n) is 2.48. The number of aliphatic carboxylic acids is 1. The lowest BCUT2D eigenvalue weighted by Crippen LogP contribution is -2.46. The van der Waals surface area contributed by atoms with Gasteiger partial charge in [0.2, 0.25) is 0 Å². The number of nitrogens with zero attached hydrogens (tertiary/aromatic N) is 1. The smallest absolute Gasteiger partial charge is 0.305 e. The van der Waals surface area contributed by atoms with Gasteiger partial charge in [0.15, 0.2) is 0 Å². The zero-order valence-corrected chi connectivity index (χ0v) is 10.7. The van der Waals surface area contributed by atoms with Gasteiger partial charge in [0.05, 0.1) is 11.3 Å². The van der Waals surface area contributed by atoms with E-state index in [1.807, 2.05) is 0 Å². The summed E-state index contributed by atoms with van der Waals surface area (Å²) in [4.78, 5) is 21.4. The number of rotatable bonds is 5. The molecule has 0 heterocycles. The molecule has 19 heavy (non-hydrogen) atoms. The third kappa shape index (κ3) is 2.67. The van der Waals surface area contributed by atoms with Gasteiger partial charge in [-0.25, -0.2) is 0 Å². The third-order valence-electron chi connectivity index (χ3n) is 3.70. The van der Waals surface area contributed by atoms with Crippen molar-refractivity contribution < 1.29 is 14.8 Å². The van der Waals surface area contributed by atoms with Crippen molar-refractivity contribution in [2.45, 2.75) is 38.1 Å². The molecular formula is C13H16N2O4. The maximum absolute atomic E-state index is 10.9. The molecule has 0 unspecified atom stereocenters. The van der Waals surface area contributed by atoms with Crippen LogP contribution in [0.4, 0.5) is 11.4 Å². The Kier molecular flexibility index (Phi) is 3.42. The Hall–Kier alpha value is -2.11. The highest BCUT2D eigenvalue weighted by atomic mass is 16.6. The molecule has 0 saturated heterocycles. The average molecular weight is 264 g/mol. The molecule has 2 N–H and O–H groups in total. The van der Waals surface area contributed by atoms with Crippen LogP contribution < -0.4 is 5.32 Å². The van der Waals surface area contributed by atoms with Crippen molar-refractivity contribution in [3.63, 3.8) is 0 Å². The number of hydrogen-bond acceptors (Lipinski definition) is 4. The second kappa shape index (κ2) is 4.87. The van der Waals surface area contributed by atoms with Crippen molar-refractivity contribution in [2.24, 2.45) is 0 Å². The summed E-state index contributed by atoms with van der Waals surface area (Å²) in [5.41, 5.74) is 0.792. The molecule has 0 spiro atoms. The Balaban J connectivity index is 2.25. The topological polar surface area (TPSA) is 92.5 Å². The molecule has 102 valence electrons. The van der Waals surface area contributed by atoms with Gasteiger partial charge >= 0.3 is 5.97 Å². The van der Waals surface area contributed by atoms with E-state index in [1.54, 1.807) is 19.1 Å². The van der Waals surface area contributed by atoms with Crippen LogP contribution >= 0.6 is 0 Å². The van der Waals surface area contributed by atoms with Gasteiger partial charge in [-0.05, 0) is 32.3 Å². The average Bonchev–Trinajstić information content (AvgIpc) is 2.27. The monoisotopic (exact) mass is 264 g/mol. The molecule has 1 aromatic carbocycles. The van der Waals surface area contributed by atoms with E-state index in [0.717, 1.165) is 19.3 Å². The van der Waals surface area contributed by atoms with Crippen LogP contribution in [0.2, 0.25) is 0 Å². The first-order valence-corrected chi connectivity index (χ1v) is 6.17. The quantitative estimate of drug-likeness (QED) is 0.630. The number of nitro benzene ring substituents is 1. The van der Waals surface area contributed by atoms with Crippen molar-refractivity contribution in [1.82, 2.24) is 0 Å². The van der Waals surface area contributed by atoms with Crippen LogP contribution in [0.5, 0.6) is 0 Å². The lowest BCUT2D eigenvalue weighted by molar-refractivity contribution is -0.385. The van der Waals surface area contributed by atoms with Crippen molar-refractivity contribution in [3.05, 3.63) is 33.9 Å². The maximum atomic E-state index is 10.9. The maximum Gasteiger partial charge on any atom is 0.305 e. The van der Waals surface area contributed by atoms with Crippen LogP contribution in [0, 0.1) is 17.0 Å². The fourth-order valence-corrected chi connectivity index (χ4v) is 2.48. The Morgan fingerprint density at radius 2 is 2.21 bits per heavy atom. The Morgan fingerprint density at radius 3 is 2.68 bits per heavy atom. The van der Waals surface area contributed by atoms with Gasteiger partial charge in [-0.3, -0.25) is 14.9 Å². The lowest BCUT2D eigenvalue weighted by Gasteiger charge is -2.42. The van der Waals surface area contributed by atoms with E-state index in [1.165, 1.54) is 6.07 Å². The highest BCUT2D eigenvalue weighted by Gasteiger charge is 2.39. The van der Waals surface area contributed by atoms with E-state index in [0.29, 0.717) is 11.3 Å². The summed E-state index contributed by atoms with van der Waals surface area (Å²) >= 11 is 0. The van der Waals surface area contributed by atoms with Crippen LogP contribution in [-0.2, 0) is 4.79 Å². The van der Waals surface area contributed by atoms with Crippen molar-refractivity contribution >= 4 is 17.3 Å². The van der Waals surface area contributed by atoms with Gasteiger partial charge in [0.1, 0.15) is 0 Å². The molecular weight excluding hydrogens is 248 g/mol. The van der Waals surface area contributed by atoms with Gasteiger partial charge in [0, 0.05) is 22.9 Å². The lowest BCUT2D eigenvalue weighted by atomic mass is 9.74. The molecule has 0 atom stereocenters. The fraction of sp³-hybridized carbons (Fsp3) is 0.462. The number of carboxylic acids is 1. The summed E-state index contributed by atoms with van der Waals surface area (Å²) in [6.07, 6.45) is 2.58. The van der Waals surface area contributed by atoms with Crippen molar-refractivity contribution in [3.8, 4) is 0 Å². The van der Waals surface area contributed by atoms with E-state index in [9.17, 15) is 14.9 Å². The first-order chi connectivity index (χ1) is 8.93. The van der Waals surface area contributed by atoms with E-state index in [4.69, 9.17) is 5.11 Å². The normalized spacial score (nSPS) is 16.5. The first kappa shape index (κ1) is 13.3. The summed E-state index contributed by atoms with van der Waals surface area (Å²) < 4.78 is 0. The largest absolute Gasteiger partial charge is 0.481 e. The summed E-state index contributed by atoms with van der Waals surface area (Å²) in [5.74, 6) is -0.852. The number of benzene rings is 1. The molecule has 0 radical (unpaired) electrons. The molecule has 1 aliphatic rings. The van der Waals surface area contributed by atoms with Crippen LogP contribution in [0.15, 0.2) is 18.2 Å². The minimum absolute atomic E-state index is 0.0368. The molecule has 1 fully saturated rings. The molecule has 2 rings (SSSR count). The van der Waals surface area contributed by atoms with E-state index in [2.05, 4.69) is 5.32 Å². The molecule has 1 aliphatic carbocycles. The first-order valence-electron chi connectivity index (χ1n) is 6.17. The van der Waals surface area contributed by atoms with Crippen LogP contribution in [-0.4, -0.2) is 21.5 Å². The zero-order chi connectivity index (χ0) is 14.0. The standard InChI is InChI=1S/C13H16N2O4/c1-9-10(4-2-5-11(9)15(18)19)14-13(6-3-7-13)8-12(16)17/h2,4-5,14H,3,6-8H2,1H3,(H,16,17). The Morgan fingerprint density at radius 1 is 1.53 bits per heavy atom. The van der Waals surface area contributed by atoms with E-state index >= 15 is 0 Å². The van der Waals surface area contributed by atoms with Gasteiger partial charge < -0.3 is 10.4 Å². The molecule has 1 saturated carbocycles. The Bertz CT molecular complexity index is 523. The second-order valence-corrected chi connectivity index (χ2v) is 5.04.